The Labute approximate surface area is 192 Å². The van der Waals surface area contributed by atoms with Crippen LogP contribution in [0.4, 0.5) is 0 Å². The molecule has 8 heteroatoms. The molecule has 0 radical (unpaired) electrons. The first-order chi connectivity index (χ1) is 15.5. The van der Waals surface area contributed by atoms with Crippen molar-refractivity contribution in [1.82, 2.24) is 19.6 Å². The average Bonchev–Trinajstić information content (AvgIpc) is 3.22. The van der Waals surface area contributed by atoms with Crippen molar-refractivity contribution in [3.63, 3.8) is 0 Å². The number of hydrogen-bond donors (Lipinski definition) is 0. The lowest BCUT2D eigenvalue weighted by Gasteiger charge is -2.38. The molecule has 2 aromatic carbocycles. The summed E-state index contributed by atoms with van der Waals surface area (Å²) < 4.78 is 6.82. The van der Waals surface area contributed by atoms with Crippen LogP contribution in [-0.4, -0.2) is 64.7 Å². The van der Waals surface area contributed by atoms with E-state index >= 15 is 0 Å². The minimum absolute atomic E-state index is 0.0586. The summed E-state index contributed by atoms with van der Waals surface area (Å²) in [6.07, 6.45) is 1.62. The number of para-hydroxylation sites is 1. The fraction of sp³-hybridized carbons (Fsp3) is 0.292. The van der Waals surface area contributed by atoms with Gasteiger partial charge in [0.15, 0.2) is 0 Å². The molecule has 166 valence electrons. The smallest absolute Gasteiger partial charge is 0.327 e. The highest BCUT2D eigenvalue weighted by atomic mass is 35.5. The van der Waals surface area contributed by atoms with Crippen LogP contribution in [0.5, 0.6) is 0 Å². The summed E-state index contributed by atoms with van der Waals surface area (Å²) >= 11 is 6.36. The quantitative estimate of drug-likeness (QED) is 0.554. The summed E-state index contributed by atoms with van der Waals surface area (Å²) in [6.45, 7) is 3.94. The molecule has 0 aliphatic carbocycles. The molecule has 0 saturated carbocycles. The van der Waals surface area contributed by atoms with E-state index in [-0.39, 0.29) is 11.9 Å². The zero-order valence-electron chi connectivity index (χ0n) is 18.1. The number of benzene rings is 2. The number of hydrogen-bond acceptors (Lipinski definition) is 5. The molecule has 3 aromatic rings. The Kier molecular flexibility index (Phi) is 6.58. The normalized spacial score (nSPS) is 15.4. The molecule has 1 aliphatic heterocycles. The van der Waals surface area contributed by atoms with Gasteiger partial charge in [0.1, 0.15) is 6.04 Å². The van der Waals surface area contributed by atoms with Gasteiger partial charge in [-0.2, -0.15) is 5.10 Å². The van der Waals surface area contributed by atoms with E-state index in [1.54, 1.807) is 21.8 Å². The molecule has 2 heterocycles. The lowest BCUT2D eigenvalue weighted by atomic mass is 10.0. The standard InChI is InChI=1S/C24H25ClN4O3/c1-17-20(16-26-29(17)18-8-4-3-5-9-18)23(30)28-14-12-27(13-15-28)22(24(31)32-2)19-10-6-7-11-21(19)25/h3-11,16,22H,12-15H2,1-2H3. The summed E-state index contributed by atoms with van der Waals surface area (Å²) in [5.74, 6) is -0.422. The number of nitrogens with zero attached hydrogens (tertiary/aromatic N) is 4. The third-order valence-corrected chi connectivity index (χ3v) is 6.18. The van der Waals surface area contributed by atoms with Crippen LogP contribution >= 0.6 is 11.6 Å². The molecular weight excluding hydrogens is 428 g/mol. The number of ether oxygens (including phenoxy) is 1. The number of piperazine rings is 1. The van der Waals surface area contributed by atoms with Gasteiger partial charge in [0.2, 0.25) is 0 Å². The highest BCUT2D eigenvalue weighted by Crippen LogP contribution is 2.29. The molecule has 1 amide bonds. The monoisotopic (exact) mass is 452 g/mol. The van der Waals surface area contributed by atoms with Gasteiger partial charge in [-0.1, -0.05) is 48.0 Å². The zero-order valence-corrected chi connectivity index (χ0v) is 18.8. The Morgan fingerprint density at radius 3 is 2.31 bits per heavy atom. The van der Waals surface area contributed by atoms with Crippen molar-refractivity contribution < 1.29 is 14.3 Å². The number of methoxy groups -OCH3 is 1. The number of aromatic nitrogens is 2. The van der Waals surface area contributed by atoms with Gasteiger partial charge >= 0.3 is 5.97 Å². The van der Waals surface area contributed by atoms with E-state index < -0.39 is 6.04 Å². The second kappa shape index (κ2) is 9.54. The van der Waals surface area contributed by atoms with Crippen molar-refractivity contribution >= 4 is 23.5 Å². The van der Waals surface area contributed by atoms with E-state index in [2.05, 4.69) is 5.10 Å². The van der Waals surface area contributed by atoms with Gasteiger partial charge in [0.05, 0.1) is 30.3 Å². The van der Waals surface area contributed by atoms with Crippen LogP contribution in [0.3, 0.4) is 0 Å². The maximum absolute atomic E-state index is 13.2. The van der Waals surface area contributed by atoms with E-state index in [4.69, 9.17) is 16.3 Å². The highest BCUT2D eigenvalue weighted by molar-refractivity contribution is 6.31. The third kappa shape index (κ3) is 4.26. The second-order valence-corrected chi connectivity index (χ2v) is 8.07. The van der Waals surface area contributed by atoms with Gasteiger partial charge in [-0.15, -0.1) is 0 Å². The van der Waals surface area contributed by atoms with Crippen LogP contribution in [-0.2, 0) is 9.53 Å². The van der Waals surface area contributed by atoms with E-state index in [9.17, 15) is 9.59 Å². The summed E-state index contributed by atoms with van der Waals surface area (Å²) in [5.41, 5.74) is 3.00. The maximum atomic E-state index is 13.2. The Balaban J connectivity index is 1.49. The molecule has 1 aromatic heterocycles. The molecule has 1 fully saturated rings. The fourth-order valence-corrected chi connectivity index (χ4v) is 4.32. The predicted molar refractivity (Wildman–Crippen MR) is 122 cm³/mol. The van der Waals surface area contributed by atoms with Crippen LogP contribution in [0.15, 0.2) is 60.8 Å². The number of amides is 1. The number of carbonyl (C=O) groups excluding carboxylic acids is 2. The first-order valence-corrected chi connectivity index (χ1v) is 10.8. The Bertz CT molecular complexity index is 1110. The average molecular weight is 453 g/mol. The highest BCUT2D eigenvalue weighted by Gasteiger charge is 2.34. The predicted octanol–water partition coefficient (Wildman–Crippen LogP) is 3.51. The molecule has 1 aliphatic rings. The van der Waals surface area contributed by atoms with Crippen molar-refractivity contribution in [2.24, 2.45) is 0 Å². The van der Waals surface area contributed by atoms with Crippen LogP contribution in [0.25, 0.3) is 5.69 Å². The number of rotatable bonds is 5. The van der Waals surface area contributed by atoms with Crippen LogP contribution in [0.1, 0.15) is 27.7 Å². The first-order valence-electron chi connectivity index (χ1n) is 10.5. The topological polar surface area (TPSA) is 67.7 Å². The molecular formula is C24H25ClN4O3. The molecule has 0 spiro atoms. The van der Waals surface area contributed by atoms with Crippen molar-refractivity contribution in [2.45, 2.75) is 13.0 Å². The molecule has 0 bridgehead atoms. The largest absolute Gasteiger partial charge is 0.468 e. The van der Waals surface area contributed by atoms with Crippen molar-refractivity contribution in [2.75, 3.05) is 33.3 Å². The number of halogens is 1. The van der Waals surface area contributed by atoms with Crippen LogP contribution in [0.2, 0.25) is 5.02 Å². The maximum Gasteiger partial charge on any atom is 0.327 e. The van der Waals surface area contributed by atoms with Crippen molar-refractivity contribution in [3.8, 4) is 5.69 Å². The van der Waals surface area contributed by atoms with Gasteiger partial charge in [-0.05, 0) is 30.7 Å². The molecule has 7 nitrogen and oxygen atoms in total. The molecule has 1 atom stereocenters. The molecule has 0 N–H and O–H groups in total. The molecule has 4 rings (SSSR count). The number of carbonyl (C=O) groups is 2. The Hall–Kier alpha value is -3.16. The van der Waals surface area contributed by atoms with E-state index in [0.717, 1.165) is 11.4 Å². The minimum Gasteiger partial charge on any atom is -0.468 e. The van der Waals surface area contributed by atoms with Crippen molar-refractivity contribution in [1.29, 1.82) is 0 Å². The van der Waals surface area contributed by atoms with Gasteiger partial charge in [0.25, 0.3) is 5.91 Å². The third-order valence-electron chi connectivity index (χ3n) is 5.83. The Morgan fingerprint density at radius 1 is 1.00 bits per heavy atom. The van der Waals surface area contributed by atoms with Gasteiger partial charge < -0.3 is 9.64 Å². The summed E-state index contributed by atoms with van der Waals surface area (Å²) in [4.78, 5) is 29.6. The lowest BCUT2D eigenvalue weighted by Crippen LogP contribution is -2.51. The molecule has 32 heavy (non-hydrogen) atoms. The minimum atomic E-state index is -0.603. The summed E-state index contributed by atoms with van der Waals surface area (Å²) in [6, 6.07) is 16.4. The van der Waals surface area contributed by atoms with E-state index in [0.29, 0.717) is 42.3 Å². The molecule has 1 unspecified atom stereocenters. The fourth-order valence-electron chi connectivity index (χ4n) is 4.08. The summed E-state index contributed by atoms with van der Waals surface area (Å²) in [5, 5.41) is 4.93. The SMILES string of the molecule is COC(=O)C(c1ccccc1Cl)N1CCN(C(=O)c2cnn(-c3ccccc3)c2C)CC1. The second-order valence-electron chi connectivity index (χ2n) is 7.67. The van der Waals surface area contributed by atoms with Gasteiger partial charge in [-0.3, -0.25) is 9.69 Å². The summed E-state index contributed by atoms with van der Waals surface area (Å²) in [7, 11) is 1.37. The van der Waals surface area contributed by atoms with E-state index in [1.165, 1.54) is 7.11 Å². The number of esters is 1. The molecule has 1 saturated heterocycles. The van der Waals surface area contributed by atoms with E-state index in [1.807, 2.05) is 60.4 Å². The van der Waals surface area contributed by atoms with Gasteiger partial charge in [0, 0.05) is 31.2 Å². The Morgan fingerprint density at radius 2 is 1.66 bits per heavy atom. The van der Waals surface area contributed by atoms with Gasteiger partial charge in [-0.25, -0.2) is 9.48 Å². The lowest BCUT2D eigenvalue weighted by molar-refractivity contribution is -0.148. The first kappa shape index (κ1) is 22.0. The van der Waals surface area contributed by atoms with Crippen LogP contribution in [0, 0.1) is 6.92 Å². The van der Waals surface area contributed by atoms with Crippen LogP contribution < -0.4 is 0 Å². The zero-order chi connectivity index (χ0) is 22.7. The van der Waals surface area contributed by atoms with Crippen molar-refractivity contribution in [3.05, 3.63) is 82.6 Å².